The highest BCUT2D eigenvalue weighted by Gasteiger charge is 2.29. The van der Waals surface area contributed by atoms with Crippen LogP contribution in [0.1, 0.15) is 10.5 Å². The number of piperazine rings is 1. The van der Waals surface area contributed by atoms with Gasteiger partial charge in [-0.15, -0.1) is 0 Å². The Morgan fingerprint density at radius 2 is 1.78 bits per heavy atom. The molecule has 1 aliphatic rings. The van der Waals surface area contributed by atoms with E-state index in [1.165, 1.54) is 12.1 Å². The van der Waals surface area contributed by atoms with E-state index in [0.717, 1.165) is 16.6 Å². The van der Waals surface area contributed by atoms with Crippen LogP contribution in [-0.4, -0.2) is 70.6 Å². The maximum atomic E-state index is 12.9. The number of anilines is 1. The number of carbonyl (C=O) groups excluding carboxylic acids is 2. The van der Waals surface area contributed by atoms with Crippen LogP contribution in [0.4, 0.5) is 11.4 Å². The summed E-state index contributed by atoms with van der Waals surface area (Å²) < 4.78 is 0. The van der Waals surface area contributed by atoms with Gasteiger partial charge >= 0.3 is 0 Å². The van der Waals surface area contributed by atoms with Crippen LogP contribution in [0.5, 0.6) is 0 Å². The highest BCUT2D eigenvalue weighted by atomic mass is 16.6. The van der Waals surface area contributed by atoms with Crippen LogP contribution in [0.2, 0.25) is 0 Å². The number of nitrogens with one attached hydrogen (secondary N) is 2. The number of aliphatic hydroxyl groups excluding tert-OH is 1. The standard InChI is InChI=1S/C22H23N5O5/c28-14-20(24-21(29)19-13-15-3-1-2-4-18(15)23-19)22(30)26-11-9-25(10-12-26)16-5-7-17(8-6-16)27(31)32/h1-8,13,20,23,28H,9-12,14H2,(H,24,29). The highest BCUT2D eigenvalue weighted by Crippen LogP contribution is 2.21. The van der Waals surface area contributed by atoms with Crippen molar-refractivity contribution in [3.63, 3.8) is 0 Å². The van der Waals surface area contributed by atoms with E-state index < -0.39 is 23.5 Å². The number of benzene rings is 2. The van der Waals surface area contributed by atoms with Crippen LogP contribution in [0, 0.1) is 10.1 Å². The fourth-order valence-corrected chi connectivity index (χ4v) is 3.81. The zero-order chi connectivity index (χ0) is 22.7. The maximum Gasteiger partial charge on any atom is 0.269 e. The van der Waals surface area contributed by atoms with E-state index in [9.17, 15) is 24.8 Å². The lowest BCUT2D eigenvalue weighted by Crippen LogP contribution is -2.56. The minimum absolute atomic E-state index is 0.0269. The SMILES string of the molecule is O=C(NC(CO)C(=O)N1CCN(c2ccc([N+](=O)[O-])cc2)CC1)c1cc2ccccc2[nH]1. The Morgan fingerprint density at radius 3 is 2.41 bits per heavy atom. The number of aromatic nitrogens is 1. The van der Waals surface area contributed by atoms with E-state index in [1.807, 2.05) is 29.2 Å². The minimum atomic E-state index is -1.04. The minimum Gasteiger partial charge on any atom is -0.394 e. The second-order valence-electron chi connectivity index (χ2n) is 7.56. The quantitative estimate of drug-likeness (QED) is 0.396. The molecule has 1 unspecified atom stereocenters. The molecular formula is C22H23N5O5. The van der Waals surface area contributed by atoms with Crippen molar-refractivity contribution < 1.29 is 19.6 Å². The van der Waals surface area contributed by atoms with Gasteiger partial charge in [0.25, 0.3) is 11.6 Å². The van der Waals surface area contributed by atoms with Gasteiger partial charge in [0.2, 0.25) is 5.91 Å². The van der Waals surface area contributed by atoms with E-state index in [1.54, 1.807) is 23.1 Å². The van der Waals surface area contributed by atoms with Crippen molar-refractivity contribution in [3.05, 3.63) is 70.4 Å². The molecule has 1 saturated heterocycles. The largest absolute Gasteiger partial charge is 0.394 e. The number of nitrogens with zero attached hydrogens (tertiary/aromatic N) is 3. The molecule has 2 heterocycles. The number of rotatable bonds is 6. The number of nitro benzene ring substituents is 1. The van der Waals surface area contributed by atoms with Crippen LogP contribution in [0.15, 0.2) is 54.6 Å². The number of para-hydroxylation sites is 1. The van der Waals surface area contributed by atoms with Crippen molar-refractivity contribution in [2.45, 2.75) is 6.04 Å². The van der Waals surface area contributed by atoms with E-state index >= 15 is 0 Å². The number of fused-ring (bicyclic) bond motifs is 1. The van der Waals surface area contributed by atoms with Crippen LogP contribution in [0.3, 0.4) is 0 Å². The first-order valence-electron chi connectivity index (χ1n) is 10.2. The van der Waals surface area contributed by atoms with Gasteiger partial charge < -0.3 is 25.2 Å². The zero-order valence-electron chi connectivity index (χ0n) is 17.2. The molecule has 166 valence electrons. The summed E-state index contributed by atoms with van der Waals surface area (Å²) in [5.41, 5.74) is 2.00. The van der Waals surface area contributed by atoms with Gasteiger partial charge in [0.1, 0.15) is 11.7 Å². The van der Waals surface area contributed by atoms with Crippen molar-refractivity contribution in [2.75, 3.05) is 37.7 Å². The number of H-pyrrole nitrogens is 1. The number of non-ortho nitro benzene ring substituents is 1. The molecule has 0 radical (unpaired) electrons. The fourth-order valence-electron chi connectivity index (χ4n) is 3.81. The smallest absolute Gasteiger partial charge is 0.269 e. The predicted octanol–water partition coefficient (Wildman–Crippen LogP) is 1.52. The number of hydrogen-bond acceptors (Lipinski definition) is 6. The number of amides is 2. The van der Waals surface area contributed by atoms with Crippen molar-refractivity contribution in [1.29, 1.82) is 0 Å². The molecule has 1 aromatic heterocycles. The monoisotopic (exact) mass is 437 g/mol. The first-order valence-corrected chi connectivity index (χ1v) is 10.2. The van der Waals surface area contributed by atoms with E-state index in [2.05, 4.69) is 10.3 Å². The summed E-state index contributed by atoms with van der Waals surface area (Å²) >= 11 is 0. The molecule has 2 aromatic carbocycles. The molecule has 10 nitrogen and oxygen atoms in total. The molecule has 32 heavy (non-hydrogen) atoms. The molecule has 0 spiro atoms. The Bertz CT molecular complexity index is 1100. The van der Waals surface area contributed by atoms with Crippen LogP contribution >= 0.6 is 0 Å². The third kappa shape index (κ3) is 4.40. The Balaban J connectivity index is 1.35. The normalized spacial score (nSPS) is 14.9. The number of hydrogen-bond donors (Lipinski definition) is 3. The summed E-state index contributed by atoms with van der Waals surface area (Å²) in [6, 6.07) is 14.4. The van der Waals surface area contributed by atoms with Crippen LogP contribution in [-0.2, 0) is 4.79 Å². The first kappa shape index (κ1) is 21.3. The third-order valence-electron chi connectivity index (χ3n) is 5.58. The summed E-state index contributed by atoms with van der Waals surface area (Å²) in [7, 11) is 0. The Hall–Kier alpha value is -3.92. The van der Waals surface area contributed by atoms with Crippen molar-refractivity contribution in [3.8, 4) is 0 Å². The van der Waals surface area contributed by atoms with Crippen LogP contribution < -0.4 is 10.2 Å². The van der Waals surface area contributed by atoms with E-state index in [4.69, 9.17) is 0 Å². The van der Waals surface area contributed by atoms with Gasteiger partial charge in [-0.3, -0.25) is 19.7 Å². The number of aromatic amines is 1. The summed E-state index contributed by atoms with van der Waals surface area (Å²) in [5.74, 6) is -0.807. The summed E-state index contributed by atoms with van der Waals surface area (Å²) in [6.45, 7) is 1.39. The van der Waals surface area contributed by atoms with Gasteiger partial charge in [-0.1, -0.05) is 18.2 Å². The molecule has 1 aliphatic heterocycles. The van der Waals surface area contributed by atoms with Gasteiger partial charge in [0, 0.05) is 54.9 Å². The van der Waals surface area contributed by atoms with E-state index in [0.29, 0.717) is 31.9 Å². The second-order valence-corrected chi connectivity index (χ2v) is 7.56. The van der Waals surface area contributed by atoms with Gasteiger partial charge in [-0.05, 0) is 24.3 Å². The van der Waals surface area contributed by atoms with Crippen LogP contribution in [0.25, 0.3) is 10.9 Å². The molecule has 1 atom stereocenters. The lowest BCUT2D eigenvalue weighted by Gasteiger charge is -2.37. The maximum absolute atomic E-state index is 12.9. The zero-order valence-corrected chi connectivity index (χ0v) is 17.2. The topological polar surface area (TPSA) is 132 Å². The first-order chi connectivity index (χ1) is 15.5. The molecule has 10 heteroatoms. The number of aliphatic hydroxyl groups is 1. The number of carbonyl (C=O) groups is 2. The predicted molar refractivity (Wildman–Crippen MR) is 119 cm³/mol. The third-order valence-corrected chi connectivity index (χ3v) is 5.58. The average Bonchev–Trinajstić information content (AvgIpc) is 3.27. The molecular weight excluding hydrogens is 414 g/mol. The Morgan fingerprint density at radius 1 is 1.09 bits per heavy atom. The van der Waals surface area contributed by atoms with Gasteiger partial charge in [0.05, 0.1) is 11.5 Å². The molecule has 4 rings (SSSR count). The van der Waals surface area contributed by atoms with Gasteiger partial charge in [-0.2, -0.15) is 0 Å². The fraction of sp³-hybridized carbons (Fsp3) is 0.273. The lowest BCUT2D eigenvalue weighted by atomic mass is 10.2. The lowest BCUT2D eigenvalue weighted by molar-refractivity contribution is -0.384. The molecule has 2 amide bonds. The van der Waals surface area contributed by atoms with Crippen molar-refractivity contribution in [1.82, 2.24) is 15.2 Å². The summed E-state index contributed by atoms with van der Waals surface area (Å²) in [5, 5.41) is 24.0. The molecule has 3 N–H and O–H groups in total. The van der Waals surface area contributed by atoms with Gasteiger partial charge in [-0.25, -0.2) is 0 Å². The molecule has 0 bridgehead atoms. The van der Waals surface area contributed by atoms with Crippen molar-refractivity contribution in [2.24, 2.45) is 0 Å². The Kier molecular flexibility index (Phi) is 6.04. The number of nitro groups is 1. The average molecular weight is 437 g/mol. The Labute approximate surface area is 183 Å². The van der Waals surface area contributed by atoms with Gasteiger partial charge in [0.15, 0.2) is 0 Å². The molecule has 0 aliphatic carbocycles. The highest BCUT2D eigenvalue weighted by molar-refractivity contribution is 6.00. The molecule has 0 saturated carbocycles. The summed E-state index contributed by atoms with van der Waals surface area (Å²) in [4.78, 5) is 42.5. The summed E-state index contributed by atoms with van der Waals surface area (Å²) in [6.07, 6.45) is 0. The van der Waals surface area contributed by atoms with E-state index in [-0.39, 0.29) is 11.6 Å². The second kappa shape index (κ2) is 9.06. The molecule has 1 fully saturated rings. The molecule has 3 aromatic rings. The van der Waals surface area contributed by atoms with Crippen molar-refractivity contribution >= 4 is 34.1 Å².